The van der Waals surface area contributed by atoms with Gasteiger partial charge in [-0.15, -0.1) is 5.10 Å². The van der Waals surface area contributed by atoms with Crippen molar-refractivity contribution in [2.24, 2.45) is 5.41 Å². The van der Waals surface area contributed by atoms with Gasteiger partial charge < -0.3 is 5.11 Å². The molecule has 1 fully saturated rings. The van der Waals surface area contributed by atoms with Crippen molar-refractivity contribution >= 4 is 5.97 Å². The van der Waals surface area contributed by atoms with Crippen molar-refractivity contribution in [3.05, 3.63) is 29.3 Å². The molecule has 1 aliphatic carbocycles. The van der Waals surface area contributed by atoms with E-state index in [1.54, 1.807) is 4.68 Å². The molecule has 0 bridgehead atoms. The predicted molar refractivity (Wildman–Crippen MR) is 72.0 cm³/mol. The molecule has 1 N–H and O–H groups in total. The normalized spacial score (nSPS) is 16.1. The second-order valence-electron chi connectivity index (χ2n) is 5.54. The number of hydrogen-bond donors (Lipinski definition) is 1. The Labute approximate surface area is 116 Å². The van der Waals surface area contributed by atoms with Gasteiger partial charge in [0.05, 0.1) is 12.0 Å². The van der Waals surface area contributed by atoms with Gasteiger partial charge in [-0.2, -0.15) is 0 Å². The van der Waals surface area contributed by atoms with E-state index in [9.17, 15) is 9.90 Å². The van der Waals surface area contributed by atoms with E-state index in [4.69, 9.17) is 0 Å². The third-order valence-corrected chi connectivity index (χ3v) is 4.06. The summed E-state index contributed by atoms with van der Waals surface area (Å²) in [6.45, 7) is 4.41. The lowest BCUT2D eigenvalue weighted by Crippen LogP contribution is -2.22. The maximum Gasteiger partial charge on any atom is 0.311 e. The minimum atomic E-state index is -0.765. The standard InChI is InChI=1S/C14H16N4O2/c1-9-3-4-11(7-10(9)2)12-15-16-17-18(12)8-14(5-6-14)13(19)20/h3-4,7H,5-6,8H2,1-2H3,(H,19,20). The molecule has 0 atom stereocenters. The Balaban J connectivity index is 1.94. The summed E-state index contributed by atoms with van der Waals surface area (Å²) >= 11 is 0. The van der Waals surface area contributed by atoms with Crippen molar-refractivity contribution < 1.29 is 9.90 Å². The Morgan fingerprint density at radius 1 is 1.35 bits per heavy atom. The summed E-state index contributed by atoms with van der Waals surface area (Å²) in [5, 5.41) is 20.9. The van der Waals surface area contributed by atoms with Crippen LogP contribution in [0.1, 0.15) is 24.0 Å². The highest BCUT2D eigenvalue weighted by atomic mass is 16.4. The van der Waals surface area contributed by atoms with Gasteiger partial charge in [-0.05, 0) is 54.3 Å². The maximum atomic E-state index is 11.3. The third kappa shape index (κ3) is 2.07. The summed E-state index contributed by atoms with van der Waals surface area (Å²) in [6.07, 6.45) is 1.38. The molecule has 20 heavy (non-hydrogen) atoms. The van der Waals surface area contributed by atoms with E-state index in [1.807, 2.05) is 32.0 Å². The molecule has 0 aliphatic heterocycles. The van der Waals surface area contributed by atoms with Crippen LogP contribution in [-0.2, 0) is 11.3 Å². The molecule has 0 saturated heterocycles. The van der Waals surface area contributed by atoms with Gasteiger partial charge in [-0.3, -0.25) is 4.79 Å². The van der Waals surface area contributed by atoms with E-state index in [0.29, 0.717) is 25.2 Å². The first kappa shape index (κ1) is 12.8. The third-order valence-electron chi connectivity index (χ3n) is 4.06. The lowest BCUT2D eigenvalue weighted by Gasteiger charge is -2.11. The zero-order valence-corrected chi connectivity index (χ0v) is 11.5. The van der Waals surface area contributed by atoms with Crippen molar-refractivity contribution in [3.8, 4) is 11.4 Å². The first-order valence-electron chi connectivity index (χ1n) is 6.59. The molecule has 1 aliphatic rings. The molecule has 3 rings (SSSR count). The van der Waals surface area contributed by atoms with Gasteiger partial charge in [-0.25, -0.2) is 4.68 Å². The lowest BCUT2D eigenvalue weighted by molar-refractivity contribution is -0.144. The molecule has 0 amide bonds. The van der Waals surface area contributed by atoms with Gasteiger partial charge in [0, 0.05) is 5.56 Å². The van der Waals surface area contributed by atoms with Gasteiger partial charge in [0.15, 0.2) is 5.82 Å². The van der Waals surface area contributed by atoms with Crippen LogP contribution < -0.4 is 0 Å². The van der Waals surface area contributed by atoms with Crippen LogP contribution in [0.25, 0.3) is 11.4 Å². The number of benzene rings is 1. The van der Waals surface area contributed by atoms with Crippen molar-refractivity contribution in [1.82, 2.24) is 20.2 Å². The minimum Gasteiger partial charge on any atom is -0.481 e. The number of carboxylic acid groups (broad SMARTS) is 1. The second kappa shape index (κ2) is 4.40. The largest absolute Gasteiger partial charge is 0.481 e. The predicted octanol–water partition coefficient (Wildman–Crippen LogP) is 1.82. The Bertz CT molecular complexity index is 674. The Morgan fingerprint density at radius 2 is 2.10 bits per heavy atom. The Hall–Kier alpha value is -2.24. The number of nitrogens with zero attached hydrogens (tertiary/aromatic N) is 4. The zero-order chi connectivity index (χ0) is 14.3. The summed E-state index contributed by atoms with van der Waals surface area (Å²) in [4.78, 5) is 11.3. The van der Waals surface area contributed by atoms with Crippen LogP contribution in [0.4, 0.5) is 0 Å². The first-order chi connectivity index (χ1) is 9.52. The quantitative estimate of drug-likeness (QED) is 0.918. The molecule has 0 unspecified atom stereocenters. The fourth-order valence-electron chi connectivity index (χ4n) is 2.28. The minimum absolute atomic E-state index is 0.331. The average Bonchev–Trinajstić information content (AvgIpc) is 3.05. The summed E-state index contributed by atoms with van der Waals surface area (Å²) in [7, 11) is 0. The van der Waals surface area contributed by atoms with Crippen molar-refractivity contribution in [2.75, 3.05) is 0 Å². The summed E-state index contributed by atoms with van der Waals surface area (Å²) in [5.41, 5.74) is 2.61. The highest BCUT2D eigenvalue weighted by Crippen LogP contribution is 2.47. The van der Waals surface area contributed by atoms with Gasteiger partial charge >= 0.3 is 5.97 Å². The first-order valence-corrected chi connectivity index (χ1v) is 6.59. The number of aryl methyl sites for hydroxylation is 2. The average molecular weight is 272 g/mol. The molecule has 2 aromatic rings. The summed E-state index contributed by atoms with van der Waals surface area (Å²) in [6, 6.07) is 6.01. The second-order valence-corrected chi connectivity index (χ2v) is 5.54. The van der Waals surface area contributed by atoms with E-state index in [1.165, 1.54) is 5.56 Å². The van der Waals surface area contributed by atoms with Crippen LogP contribution in [0.15, 0.2) is 18.2 Å². The van der Waals surface area contributed by atoms with Gasteiger partial charge in [-0.1, -0.05) is 12.1 Å². The van der Waals surface area contributed by atoms with Gasteiger partial charge in [0.25, 0.3) is 0 Å². The molecular weight excluding hydrogens is 256 g/mol. The summed E-state index contributed by atoms with van der Waals surface area (Å²) in [5.74, 6) is -0.139. The number of aliphatic carboxylic acids is 1. The number of rotatable bonds is 4. The summed E-state index contributed by atoms with van der Waals surface area (Å²) < 4.78 is 1.60. The van der Waals surface area contributed by atoms with Crippen molar-refractivity contribution in [2.45, 2.75) is 33.2 Å². The maximum absolute atomic E-state index is 11.3. The number of tetrazole rings is 1. The van der Waals surface area contributed by atoms with Crippen LogP contribution in [0, 0.1) is 19.3 Å². The topological polar surface area (TPSA) is 80.9 Å². The highest BCUT2D eigenvalue weighted by Gasteiger charge is 2.51. The molecule has 1 saturated carbocycles. The SMILES string of the molecule is Cc1ccc(-c2nnnn2CC2(C(=O)O)CC2)cc1C. The molecular formula is C14H16N4O2. The molecule has 1 heterocycles. The van der Waals surface area contributed by atoms with Crippen molar-refractivity contribution in [3.63, 3.8) is 0 Å². The monoisotopic (exact) mass is 272 g/mol. The molecule has 6 nitrogen and oxygen atoms in total. The number of carboxylic acids is 1. The molecule has 6 heteroatoms. The molecule has 1 aromatic heterocycles. The van der Waals surface area contributed by atoms with Crippen LogP contribution in [0.3, 0.4) is 0 Å². The lowest BCUT2D eigenvalue weighted by atomic mass is 10.1. The molecule has 1 aromatic carbocycles. The number of carbonyl (C=O) groups is 1. The molecule has 0 radical (unpaired) electrons. The van der Waals surface area contributed by atoms with E-state index < -0.39 is 11.4 Å². The van der Waals surface area contributed by atoms with Crippen LogP contribution in [0.2, 0.25) is 0 Å². The van der Waals surface area contributed by atoms with Crippen LogP contribution in [0.5, 0.6) is 0 Å². The van der Waals surface area contributed by atoms with E-state index >= 15 is 0 Å². The van der Waals surface area contributed by atoms with Gasteiger partial charge in [0.2, 0.25) is 0 Å². The fourth-order valence-corrected chi connectivity index (χ4v) is 2.28. The van der Waals surface area contributed by atoms with E-state index in [0.717, 1.165) is 11.1 Å². The number of aromatic nitrogens is 4. The Morgan fingerprint density at radius 3 is 2.70 bits per heavy atom. The van der Waals surface area contributed by atoms with E-state index in [-0.39, 0.29) is 0 Å². The van der Waals surface area contributed by atoms with Crippen LogP contribution >= 0.6 is 0 Å². The molecule has 104 valence electrons. The highest BCUT2D eigenvalue weighted by molar-refractivity contribution is 5.77. The van der Waals surface area contributed by atoms with Crippen LogP contribution in [-0.4, -0.2) is 31.3 Å². The van der Waals surface area contributed by atoms with E-state index in [2.05, 4.69) is 15.5 Å². The fraction of sp³-hybridized carbons (Fsp3) is 0.429. The zero-order valence-electron chi connectivity index (χ0n) is 11.5. The van der Waals surface area contributed by atoms with Gasteiger partial charge in [0.1, 0.15) is 0 Å². The van der Waals surface area contributed by atoms with Crippen molar-refractivity contribution in [1.29, 1.82) is 0 Å². The molecule has 0 spiro atoms. The smallest absolute Gasteiger partial charge is 0.311 e. The Kier molecular flexibility index (Phi) is 2.81. The number of hydrogen-bond acceptors (Lipinski definition) is 4.